The number of halogens is 1. The molecule has 1 aromatic heterocycles. The van der Waals surface area contributed by atoms with Crippen LogP contribution in [-0.4, -0.2) is 23.6 Å². The van der Waals surface area contributed by atoms with E-state index in [-0.39, 0.29) is 5.91 Å². The number of unbranched alkanes of at least 4 members (excludes halogenated alkanes) is 1. The van der Waals surface area contributed by atoms with Gasteiger partial charge in [0.2, 0.25) is 5.88 Å². The lowest BCUT2D eigenvalue weighted by molar-refractivity contribution is -0.127. The summed E-state index contributed by atoms with van der Waals surface area (Å²) in [5, 5.41) is 3.32. The van der Waals surface area contributed by atoms with E-state index in [2.05, 4.69) is 17.2 Å². The zero-order chi connectivity index (χ0) is 18.1. The smallest absolute Gasteiger partial charge is 0.261 e. The molecule has 0 fully saturated rings. The topological polar surface area (TPSA) is 60.5 Å². The summed E-state index contributed by atoms with van der Waals surface area (Å²) < 4.78 is 11.3. The summed E-state index contributed by atoms with van der Waals surface area (Å²) in [5.74, 6) is 0.802. The van der Waals surface area contributed by atoms with Gasteiger partial charge in [-0.05, 0) is 31.5 Å². The standard InChI is InChI=1S/C19H23ClN2O3/c1-3-4-12-24-19-15(8-7-11-21-19)13-22-18(23)14(2)25-17-10-6-5-9-16(17)20/h5-11,14H,3-4,12-13H2,1-2H3,(H,22,23). The van der Waals surface area contributed by atoms with Crippen molar-refractivity contribution in [1.82, 2.24) is 10.3 Å². The quantitative estimate of drug-likeness (QED) is 0.685. The summed E-state index contributed by atoms with van der Waals surface area (Å²) in [7, 11) is 0. The Morgan fingerprint density at radius 2 is 2.08 bits per heavy atom. The summed E-state index contributed by atoms with van der Waals surface area (Å²) in [5.41, 5.74) is 0.830. The number of amides is 1. The fourth-order valence-electron chi connectivity index (χ4n) is 2.11. The monoisotopic (exact) mass is 362 g/mol. The number of nitrogens with zero attached hydrogens (tertiary/aromatic N) is 1. The lowest BCUT2D eigenvalue weighted by atomic mass is 10.2. The Balaban J connectivity index is 1.90. The van der Waals surface area contributed by atoms with Crippen molar-refractivity contribution in [2.24, 2.45) is 0 Å². The highest BCUT2D eigenvalue weighted by molar-refractivity contribution is 6.32. The van der Waals surface area contributed by atoms with Gasteiger partial charge in [0, 0.05) is 18.3 Å². The molecule has 0 aliphatic carbocycles. The van der Waals surface area contributed by atoms with Crippen molar-refractivity contribution in [3.8, 4) is 11.6 Å². The van der Waals surface area contributed by atoms with Gasteiger partial charge in [0.25, 0.3) is 5.91 Å². The van der Waals surface area contributed by atoms with Crippen LogP contribution >= 0.6 is 11.6 Å². The normalized spacial score (nSPS) is 11.6. The molecule has 0 spiro atoms. The third-order valence-corrected chi connectivity index (χ3v) is 3.86. The Labute approximate surface area is 153 Å². The van der Waals surface area contributed by atoms with Crippen LogP contribution < -0.4 is 14.8 Å². The van der Waals surface area contributed by atoms with Crippen LogP contribution in [0.3, 0.4) is 0 Å². The summed E-state index contributed by atoms with van der Waals surface area (Å²) >= 11 is 6.05. The first-order valence-electron chi connectivity index (χ1n) is 8.37. The fourth-order valence-corrected chi connectivity index (χ4v) is 2.29. The number of ether oxygens (including phenoxy) is 2. The number of rotatable bonds is 9. The molecular formula is C19H23ClN2O3. The molecule has 25 heavy (non-hydrogen) atoms. The van der Waals surface area contributed by atoms with Gasteiger partial charge in [-0.3, -0.25) is 4.79 Å². The minimum Gasteiger partial charge on any atom is -0.479 e. The molecule has 2 rings (SSSR count). The Morgan fingerprint density at radius 1 is 1.28 bits per heavy atom. The van der Waals surface area contributed by atoms with E-state index in [4.69, 9.17) is 21.1 Å². The van der Waals surface area contributed by atoms with Gasteiger partial charge >= 0.3 is 0 Å². The highest BCUT2D eigenvalue weighted by Gasteiger charge is 2.16. The first-order chi connectivity index (χ1) is 12.1. The third kappa shape index (κ3) is 5.94. The Bertz CT molecular complexity index is 694. The Kier molecular flexibility index (Phi) is 7.54. The van der Waals surface area contributed by atoms with Crippen molar-refractivity contribution < 1.29 is 14.3 Å². The van der Waals surface area contributed by atoms with E-state index < -0.39 is 6.10 Å². The van der Waals surface area contributed by atoms with E-state index in [1.54, 1.807) is 31.3 Å². The minimum absolute atomic E-state index is 0.233. The highest BCUT2D eigenvalue weighted by atomic mass is 35.5. The molecule has 1 N–H and O–H groups in total. The van der Waals surface area contributed by atoms with Gasteiger partial charge in [-0.15, -0.1) is 0 Å². The van der Waals surface area contributed by atoms with E-state index >= 15 is 0 Å². The van der Waals surface area contributed by atoms with Gasteiger partial charge in [-0.2, -0.15) is 0 Å². The van der Waals surface area contributed by atoms with Gasteiger partial charge < -0.3 is 14.8 Å². The largest absolute Gasteiger partial charge is 0.479 e. The first-order valence-corrected chi connectivity index (χ1v) is 8.75. The maximum Gasteiger partial charge on any atom is 0.261 e. The van der Waals surface area contributed by atoms with Crippen molar-refractivity contribution in [2.45, 2.75) is 39.3 Å². The molecule has 134 valence electrons. The number of pyridine rings is 1. The van der Waals surface area contributed by atoms with Gasteiger partial charge in [0.05, 0.1) is 11.6 Å². The van der Waals surface area contributed by atoms with E-state index in [1.165, 1.54) is 0 Å². The van der Waals surface area contributed by atoms with Crippen LogP contribution in [0.25, 0.3) is 0 Å². The third-order valence-electron chi connectivity index (χ3n) is 3.55. The maximum atomic E-state index is 12.3. The summed E-state index contributed by atoms with van der Waals surface area (Å²) in [4.78, 5) is 16.5. The van der Waals surface area contributed by atoms with Crippen molar-refractivity contribution in [3.63, 3.8) is 0 Å². The molecule has 1 heterocycles. The van der Waals surface area contributed by atoms with E-state index in [1.807, 2.05) is 18.2 Å². The zero-order valence-electron chi connectivity index (χ0n) is 14.5. The molecular weight excluding hydrogens is 340 g/mol. The first kappa shape index (κ1) is 19.1. The molecule has 1 amide bonds. The second kappa shape index (κ2) is 9.89. The number of benzene rings is 1. The zero-order valence-corrected chi connectivity index (χ0v) is 15.3. The second-order valence-electron chi connectivity index (χ2n) is 5.58. The van der Waals surface area contributed by atoms with E-state index in [0.29, 0.717) is 29.8 Å². The molecule has 1 unspecified atom stereocenters. The average Bonchev–Trinajstić information content (AvgIpc) is 2.62. The Morgan fingerprint density at radius 3 is 2.84 bits per heavy atom. The molecule has 0 radical (unpaired) electrons. The van der Waals surface area contributed by atoms with Crippen LogP contribution in [0.2, 0.25) is 5.02 Å². The molecule has 0 saturated heterocycles. The molecule has 0 aliphatic heterocycles. The second-order valence-corrected chi connectivity index (χ2v) is 5.99. The maximum absolute atomic E-state index is 12.3. The number of carbonyl (C=O) groups excluding carboxylic acids is 1. The number of nitrogens with one attached hydrogen (secondary N) is 1. The summed E-state index contributed by atoms with van der Waals surface area (Å²) in [6.45, 7) is 4.72. The molecule has 0 saturated carbocycles. The molecule has 1 atom stereocenters. The number of carbonyl (C=O) groups is 1. The number of hydrogen-bond donors (Lipinski definition) is 1. The highest BCUT2D eigenvalue weighted by Crippen LogP contribution is 2.24. The van der Waals surface area contributed by atoms with Gasteiger partial charge in [-0.25, -0.2) is 4.98 Å². The number of para-hydroxylation sites is 1. The predicted octanol–water partition coefficient (Wildman–Crippen LogP) is 4.00. The number of hydrogen-bond acceptors (Lipinski definition) is 4. The van der Waals surface area contributed by atoms with Crippen LogP contribution in [0.1, 0.15) is 32.3 Å². The van der Waals surface area contributed by atoms with E-state index in [9.17, 15) is 4.79 Å². The molecule has 0 bridgehead atoms. The fraction of sp³-hybridized carbons (Fsp3) is 0.368. The van der Waals surface area contributed by atoms with Crippen molar-refractivity contribution in [2.75, 3.05) is 6.61 Å². The molecule has 2 aromatic rings. The summed E-state index contributed by atoms with van der Waals surface area (Å²) in [6, 6.07) is 10.8. The van der Waals surface area contributed by atoms with Crippen molar-refractivity contribution in [1.29, 1.82) is 0 Å². The van der Waals surface area contributed by atoms with E-state index in [0.717, 1.165) is 18.4 Å². The lowest BCUT2D eigenvalue weighted by Gasteiger charge is -2.16. The SMILES string of the molecule is CCCCOc1ncccc1CNC(=O)C(C)Oc1ccccc1Cl. The molecule has 5 nitrogen and oxygen atoms in total. The average molecular weight is 363 g/mol. The lowest BCUT2D eigenvalue weighted by Crippen LogP contribution is -2.36. The minimum atomic E-state index is -0.666. The molecule has 0 aliphatic rings. The molecule has 6 heteroatoms. The van der Waals surface area contributed by atoms with Crippen LogP contribution in [-0.2, 0) is 11.3 Å². The van der Waals surface area contributed by atoms with Gasteiger partial charge in [-0.1, -0.05) is 43.1 Å². The van der Waals surface area contributed by atoms with Crippen molar-refractivity contribution in [3.05, 3.63) is 53.2 Å². The van der Waals surface area contributed by atoms with Gasteiger partial charge in [0.15, 0.2) is 6.10 Å². The van der Waals surface area contributed by atoms with Crippen LogP contribution in [0.5, 0.6) is 11.6 Å². The van der Waals surface area contributed by atoms with Crippen LogP contribution in [0, 0.1) is 0 Å². The number of aromatic nitrogens is 1. The predicted molar refractivity (Wildman–Crippen MR) is 98.0 cm³/mol. The van der Waals surface area contributed by atoms with Crippen molar-refractivity contribution >= 4 is 17.5 Å². The van der Waals surface area contributed by atoms with Gasteiger partial charge in [0.1, 0.15) is 5.75 Å². The van der Waals surface area contributed by atoms with Crippen LogP contribution in [0.15, 0.2) is 42.6 Å². The molecule has 1 aromatic carbocycles. The Hall–Kier alpha value is -2.27. The summed E-state index contributed by atoms with van der Waals surface area (Å²) in [6.07, 6.45) is 3.03. The van der Waals surface area contributed by atoms with Crippen LogP contribution in [0.4, 0.5) is 0 Å².